The van der Waals surface area contributed by atoms with Gasteiger partial charge in [-0.15, -0.1) is 0 Å². The highest BCUT2D eigenvalue weighted by molar-refractivity contribution is 7.90. The maximum absolute atomic E-state index is 14.3. The number of carbonyl (C=O) groups is 1. The predicted molar refractivity (Wildman–Crippen MR) is 108 cm³/mol. The number of halogens is 2. The fourth-order valence-corrected chi connectivity index (χ4v) is 5.16. The third kappa shape index (κ3) is 4.81. The lowest BCUT2D eigenvalue weighted by atomic mass is 10.2. The minimum atomic E-state index is -4.13. The Balaban J connectivity index is 1.92. The van der Waals surface area contributed by atoms with Crippen molar-refractivity contribution in [2.24, 2.45) is 0 Å². The zero-order chi connectivity index (χ0) is 22.1. The smallest absolute Gasteiger partial charge is 0.257 e. The Hall–Kier alpha value is -2.05. The molecule has 0 aliphatic carbocycles. The number of amides is 1. The Bertz CT molecular complexity index is 1200. The number of hydrogen-bond acceptors (Lipinski definition) is 6. The van der Waals surface area contributed by atoms with Gasteiger partial charge in [-0.3, -0.25) is 4.79 Å². The Kier molecular flexibility index (Phi) is 6.48. The molecule has 0 spiro atoms. The minimum Gasteiger partial charge on any atom is -0.379 e. The van der Waals surface area contributed by atoms with Gasteiger partial charge in [0.15, 0.2) is 9.84 Å². The van der Waals surface area contributed by atoms with Gasteiger partial charge >= 0.3 is 0 Å². The Labute approximate surface area is 178 Å². The van der Waals surface area contributed by atoms with Gasteiger partial charge < -0.3 is 10.1 Å². The van der Waals surface area contributed by atoms with Crippen LogP contribution in [-0.2, 0) is 24.6 Å². The van der Waals surface area contributed by atoms with E-state index >= 15 is 0 Å². The number of benzene rings is 2. The number of sulfonamides is 1. The zero-order valence-electron chi connectivity index (χ0n) is 15.8. The van der Waals surface area contributed by atoms with Crippen molar-refractivity contribution < 1.29 is 30.8 Å². The van der Waals surface area contributed by atoms with E-state index in [4.69, 9.17) is 16.3 Å². The summed E-state index contributed by atoms with van der Waals surface area (Å²) in [6, 6.07) is 6.77. The van der Waals surface area contributed by atoms with Crippen LogP contribution in [0.15, 0.2) is 46.2 Å². The molecule has 1 amide bonds. The maximum atomic E-state index is 14.3. The van der Waals surface area contributed by atoms with Crippen molar-refractivity contribution >= 4 is 43.1 Å². The second-order valence-corrected chi connectivity index (χ2v) is 10.9. The van der Waals surface area contributed by atoms with Gasteiger partial charge in [0.2, 0.25) is 10.0 Å². The van der Waals surface area contributed by atoms with Gasteiger partial charge in [0.1, 0.15) is 10.7 Å². The van der Waals surface area contributed by atoms with E-state index in [1.165, 1.54) is 18.2 Å². The van der Waals surface area contributed by atoms with E-state index in [1.807, 2.05) is 0 Å². The van der Waals surface area contributed by atoms with Gasteiger partial charge in [-0.25, -0.2) is 21.2 Å². The molecular weight excluding hydrogens is 459 g/mol. The highest BCUT2D eigenvalue weighted by atomic mass is 35.5. The van der Waals surface area contributed by atoms with Crippen LogP contribution in [0.1, 0.15) is 10.4 Å². The second-order valence-electron chi connectivity index (χ2n) is 6.53. The van der Waals surface area contributed by atoms with E-state index in [-0.39, 0.29) is 47.5 Å². The van der Waals surface area contributed by atoms with Crippen molar-refractivity contribution in [3.63, 3.8) is 0 Å². The normalized spacial score (nSPS) is 15.7. The molecule has 0 bridgehead atoms. The number of ether oxygens (including phenoxy) is 1. The van der Waals surface area contributed by atoms with Crippen molar-refractivity contribution in [2.75, 3.05) is 37.9 Å². The summed E-state index contributed by atoms with van der Waals surface area (Å²) in [5, 5.41) is 2.43. The van der Waals surface area contributed by atoms with Crippen molar-refractivity contribution in [3.8, 4) is 0 Å². The number of hydrogen-bond donors (Lipinski definition) is 1. The molecule has 8 nitrogen and oxygen atoms in total. The second kappa shape index (κ2) is 8.60. The molecule has 162 valence electrons. The molecule has 0 unspecified atom stereocenters. The monoisotopic (exact) mass is 476 g/mol. The number of nitrogens with zero attached hydrogens (tertiary/aromatic N) is 1. The number of sulfone groups is 1. The van der Waals surface area contributed by atoms with Crippen molar-refractivity contribution in [2.45, 2.75) is 9.79 Å². The minimum absolute atomic E-state index is 0.00294. The van der Waals surface area contributed by atoms with E-state index in [9.17, 15) is 26.0 Å². The standard InChI is InChI=1S/C18H18ClFN2O6S2/c1-29(24,25)13-3-4-15(19)14(11-13)18(23)21-12-2-5-16(20)17(10-12)30(26,27)22-6-8-28-9-7-22/h2-5,10-11H,6-9H2,1H3,(H,21,23). The van der Waals surface area contributed by atoms with Crippen LogP contribution in [0, 0.1) is 5.82 Å². The summed E-state index contributed by atoms with van der Waals surface area (Å²) in [6.07, 6.45) is 0.987. The lowest BCUT2D eigenvalue weighted by Gasteiger charge is -2.26. The summed E-state index contributed by atoms with van der Waals surface area (Å²) in [4.78, 5) is 11.9. The average molecular weight is 477 g/mol. The molecule has 1 saturated heterocycles. The van der Waals surface area contributed by atoms with E-state index in [0.717, 1.165) is 28.8 Å². The lowest BCUT2D eigenvalue weighted by molar-refractivity contribution is 0.0729. The number of anilines is 1. The van der Waals surface area contributed by atoms with Gasteiger partial charge in [-0.2, -0.15) is 4.31 Å². The molecule has 2 aromatic carbocycles. The Morgan fingerprint density at radius 1 is 1.10 bits per heavy atom. The molecule has 3 rings (SSSR count). The molecule has 2 aromatic rings. The van der Waals surface area contributed by atoms with Crippen LogP contribution in [0.4, 0.5) is 10.1 Å². The van der Waals surface area contributed by atoms with Crippen molar-refractivity contribution in [1.82, 2.24) is 4.31 Å². The van der Waals surface area contributed by atoms with Crippen LogP contribution in [0.2, 0.25) is 5.02 Å². The molecule has 0 aromatic heterocycles. The number of rotatable bonds is 5. The zero-order valence-corrected chi connectivity index (χ0v) is 18.2. The molecule has 0 radical (unpaired) electrons. The number of nitrogens with one attached hydrogen (secondary N) is 1. The van der Waals surface area contributed by atoms with Crippen LogP contribution in [-0.4, -0.2) is 59.6 Å². The average Bonchev–Trinajstić information content (AvgIpc) is 2.69. The van der Waals surface area contributed by atoms with Crippen LogP contribution < -0.4 is 5.32 Å². The summed E-state index contributed by atoms with van der Waals surface area (Å²) >= 11 is 6.01. The molecule has 0 saturated carbocycles. The summed E-state index contributed by atoms with van der Waals surface area (Å²) < 4.78 is 69.5. The van der Waals surface area contributed by atoms with E-state index in [2.05, 4.69) is 5.32 Å². The third-order valence-electron chi connectivity index (χ3n) is 4.39. The third-order valence-corrected chi connectivity index (χ3v) is 7.74. The van der Waals surface area contributed by atoms with E-state index in [1.54, 1.807) is 0 Å². The van der Waals surface area contributed by atoms with Gasteiger partial charge in [-0.05, 0) is 36.4 Å². The fraction of sp³-hybridized carbons (Fsp3) is 0.278. The van der Waals surface area contributed by atoms with Crippen LogP contribution in [0.3, 0.4) is 0 Å². The van der Waals surface area contributed by atoms with Crippen LogP contribution in [0.5, 0.6) is 0 Å². The lowest BCUT2D eigenvalue weighted by Crippen LogP contribution is -2.40. The van der Waals surface area contributed by atoms with Crippen molar-refractivity contribution in [1.29, 1.82) is 0 Å². The van der Waals surface area contributed by atoms with Gasteiger partial charge in [0.25, 0.3) is 5.91 Å². The first kappa shape index (κ1) is 22.6. The van der Waals surface area contributed by atoms with Gasteiger partial charge in [0, 0.05) is 25.0 Å². The highest BCUT2D eigenvalue weighted by Crippen LogP contribution is 2.26. The largest absolute Gasteiger partial charge is 0.379 e. The molecule has 30 heavy (non-hydrogen) atoms. The molecule has 1 heterocycles. The maximum Gasteiger partial charge on any atom is 0.257 e. The first-order valence-electron chi connectivity index (χ1n) is 8.68. The molecule has 1 fully saturated rings. The van der Waals surface area contributed by atoms with Gasteiger partial charge in [-0.1, -0.05) is 11.6 Å². The SMILES string of the molecule is CS(=O)(=O)c1ccc(Cl)c(C(=O)Nc2ccc(F)c(S(=O)(=O)N3CCOCC3)c2)c1. The molecular formula is C18H18ClFN2O6S2. The van der Waals surface area contributed by atoms with Crippen molar-refractivity contribution in [3.05, 3.63) is 52.8 Å². The number of carbonyl (C=O) groups excluding carboxylic acids is 1. The fourth-order valence-electron chi connectivity index (χ4n) is 2.81. The summed E-state index contributed by atoms with van der Waals surface area (Å²) in [5.74, 6) is -1.73. The topological polar surface area (TPSA) is 110 Å². The Morgan fingerprint density at radius 2 is 1.77 bits per heavy atom. The van der Waals surface area contributed by atoms with Gasteiger partial charge in [0.05, 0.1) is 28.7 Å². The van der Waals surface area contributed by atoms with E-state index < -0.39 is 36.5 Å². The Morgan fingerprint density at radius 3 is 2.40 bits per heavy atom. The molecule has 12 heteroatoms. The summed E-state index contributed by atoms with van der Waals surface area (Å²) in [6.45, 7) is 0.581. The number of morpholine rings is 1. The van der Waals surface area contributed by atoms with E-state index in [0.29, 0.717) is 0 Å². The van der Waals surface area contributed by atoms with Crippen LogP contribution >= 0.6 is 11.6 Å². The predicted octanol–water partition coefficient (Wildman–Crippen LogP) is 2.16. The quantitative estimate of drug-likeness (QED) is 0.708. The summed E-state index contributed by atoms with van der Waals surface area (Å²) in [7, 11) is -7.70. The first-order chi connectivity index (χ1) is 14.0. The summed E-state index contributed by atoms with van der Waals surface area (Å²) in [5.41, 5.74) is -0.115. The molecule has 1 N–H and O–H groups in total. The van der Waals surface area contributed by atoms with Crippen LogP contribution in [0.25, 0.3) is 0 Å². The first-order valence-corrected chi connectivity index (χ1v) is 12.4. The molecule has 0 atom stereocenters. The highest BCUT2D eigenvalue weighted by Gasteiger charge is 2.29. The molecule has 1 aliphatic heterocycles. The molecule has 1 aliphatic rings.